The molecule has 2 aromatic heterocycles. The monoisotopic (exact) mass is 538 g/mol. The van der Waals surface area contributed by atoms with Crippen LogP contribution in [0.5, 0.6) is 0 Å². The van der Waals surface area contributed by atoms with Crippen molar-refractivity contribution in [3.63, 3.8) is 0 Å². The van der Waals surface area contributed by atoms with Gasteiger partial charge in [0.05, 0.1) is 28.0 Å². The highest BCUT2D eigenvalue weighted by Crippen LogP contribution is 2.42. The minimum absolute atomic E-state index is 0.0438. The van der Waals surface area contributed by atoms with Gasteiger partial charge in [0.1, 0.15) is 5.56 Å². The Kier molecular flexibility index (Phi) is 6.11. The first-order valence-electron chi connectivity index (χ1n) is 11.0. The topological polar surface area (TPSA) is 95.2 Å². The van der Waals surface area contributed by atoms with Gasteiger partial charge >= 0.3 is 12.3 Å². The Balaban J connectivity index is 1.57. The summed E-state index contributed by atoms with van der Waals surface area (Å²) >= 11 is 3.51. The van der Waals surface area contributed by atoms with E-state index in [0.29, 0.717) is 52.7 Å². The lowest BCUT2D eigenvalue weighted by molar-refractivity contribution is -0.137. The van der Waals surface area contributed by atoms with Crippen LogP contribution in [0.2, 0.25) is 0 Å². The van der Waals surface area contributed by atoms with Crippen LogP contribution in [0, 0.1) is 0 Å². The van der Waals surface area contributed by atoms with Crippen molar-refractivity contribution in [1.29, 1.82) is 0 Å². The Hall–Kier alpha value is -2.86. The van der Waals surface area contributed by atoms with Gasteiger partial charge in [-0.2, -0.15) is 13.2 Å². The fourth-order valence-corrected chi connectivity index (χ4v) is 5.02. The van der Waals surface area contributed by atoms with Crippen molar-refractivity contribution in [3.05, 3.63) is 34.6 Å². The molecule has 2 saturated heterocycles. The van der Waals surface area contributed by atoms with Crippen molar-refractivity contribution in [2.24, 2.45) is 0 Å². The molecule has 0 spiro atoms. The molecule has 3 N–H and O–H groups in total. The first-order chi connectivity index (χ1) is 16.3. The molecule has 34 heavy (non-hydrogen) atoms. The van der Waals surface area contributed by atoms with Gasteiger partial charge in [-0.25, -0.2) is 14.8 Å². The summed E-state index contributed by atoms with van der Waals surface area (Å²) in [5.41, 5.74) is 0.306. The third-order valence-electron chi connectivity index (χ3n) is 6.01. The van der Waals surface area contributed by atoms with E-state index >= 15 is 0 Å². The minimum atomic E-state index is -4.63. The smallest absolute Gasteiger partial charge is 0.419 e. The maximum atomic E-state index is 13.9. The number of hydrogen-bond acceptors (Lipinski definition) is 6. The summed E-state index contributed by atoms with van der Waals surface area (Å²) in [6, 6.07) is 3.42. The van der Waals surface area contributed by atoms with Gasteiger partial charge in [-0.1, -0.05) is 0 Å². The van der Waals surface area contributed by atoms with Crippen LogP contribution in [0.4, 0.5) is 29.6 Å². The van der Waals surface area contributed by atoms with Gasteiger partial charge in [0.15, 0.2) is 0 Å². The normalized spacial score (nSPS) is 19.4. The molecule has 1 aromatic carbocycles. The molecule has 4 heterocycles. The fraction of sp³-hybridized carbons (Fsp3) is 0.409. The van der Waals surface area contributed by atoms with E-state index in [4.69, 9.17) is 4.74 Å². The SMILES string of the molecule is O=C1OCCCN1c1ccc2c(-c3nc(NC4CCCNC4)ncc3C(F)(F)F)c[nH]c2c1Br. The average molecular weight is 539 g/mol. The van der Waals surface area contributed by atoms with E-state index in [1.165, 1.54) is 11.1 Å². The molecule has 0 saturated carbocycles. The van der Waals surface area contributed by atoms with E-state index in [9.17, 15) is 18.0 Å². The second-order valence-electron chi connectivity index (χ2n) is 8.28. The lowest BCUT2D eigenvalue weighted by atomic mass is 10.0. The van der Waals surface area contributed by atoms with E-state index < -0.39 is 17.8 Å². The number of ether oxygens (including phenoxy) is 1. The van der Waals surface area contributed by atoms with E-state index in [1.54, 1.807) is 12.1 Å². The van der Waals surface area contributed by atoms with E-state index in [2.05, 4.69) is 41.5 Å². The number of anilines is 2. The van der Waals surface area contributed by atoms with Crippen molar-refractivity contribution in [2.75, 3.05) is 36.5 Å². The number of hydrogen-bond donors (Lipinski definition) is 3. The van der Waals surface area contributed by atoms with Gasteiger partial charge in [0, 0.05) is 42.5 Å². The number of H-pyrrole nitrogens is 1. The molecule has 8 nitrogen and oxygen atoms in total. The second-order valence-corrected chi connectivity index (χ2v) is 9.08. The Bertz CT molecular complexity index is 1230. The van der Waals surface area contributed by atoms with E-state index in [1.807, 2.05) is 0 Å². The standard InChI is InChI=1S/C22H22BrF3N6O2/c23-17-16(32-7-2-8-34-21(32)33)5-4-13-14(10-28-19(13)17)18-15(22(24,25)26)11-29-20(31-18)30-12-3-1-6-27-9-12/h4-5,10-12,27-28H,1-3,6-9H2,(H,29,30,31). The summed E-state index contributed by atoms with van der Waals surface area (Å²) in [7, 11) is 0. The minimum Gasteiger partial charge on any atom is -0.449 e. The van der Waals surface area contributed by atoms with Crippen LogP contribution in [0.3, 0.4) is 0 Å². The zero-order chi connectivity index (χ0) is 23.9. The number of aromatic amines is 1. The molecular formula is C22H22BrF3N6O2. The van der Waals surface area contributed by atoms with Gasteiger partial charge in [-0.05, 0) is 53.9 Å². The lowest BCUT2D eigenvalue weighted by Gasteiger charge is -2.27. The van der Waals surface area contributed by atoms with Gasteiger partial charge in [0.2, 0.25) is 5.95 Å². The third-order valence-corrected chi connectivity index (χ3v) is 6.82. The number of carbonyl (C=O) groups is 1. The van der Waals surface area contributed by atoms with Crippen LogP contribution in [-0.4, -0.2) is 53.3 Å². The number of rotatable bonds is 4. The van der Waals surface area contributed by atoms with Gasteiger partial charge < -0.3 is 20.4 Å². The summed E-state index contributed by atoms with van der Waals surface area (Å²) < 4.78 is 47.3. The Labute approximate surface area is 201 Å². The highest BCUT2D eigenvalue weighted by molar-refractivity contribution is 9.10. The first kappa shape index (κ1) is 22.9. The number of nitrogens with one attached hydrogen (secondary N) is 3. The molecule has 180 valence electrons. The molecule has 3 aromatic rings. The summed E-state index contributed by atoms with van der Waals surface area (Å²) in [6.45, 7) is 2.47. The number of piperidine rings is 1. The molecule has 5 rings (SSSR count). The molecule has 0 radical (unpaired) electrons. The molecule has 2 aliphatic heterocycles. The summed E-state index contributed by atoms with van der Waals surface area (Å²) in [5.74, 6) is 0.151. The van der Waals surface area contributed by atoms with Gasteiger partial charge in [-0.15, -0.1) is 0 Å². The predicted molar refractivity (Wildman–Crippen MR) is 125 cm³/mol. The van der Waals surface area contributed by atoms with Crippen LogP contribution < -0.4 is 15.5 Å². The number of halogens is 4. The average Bonchev–Trinajstić information content (AvgIpc) is 3.25. The van der Waals surface area contributed by atoms with E-state index in [0.717, 1.165) is 25.6 Å². The number of cyclic esters (lactones) is 1. The van der Waals surface area contributed by atoms with Crippen LogP contribution in [-0.2, 0) is 10.9 Å². The van der Waals surface area contributed by atoms with Gasteiger partial charge in [-0.3, -0.25) is 4.90 Å². The highest BCUT2D eigenvalue weighted by atomic mass is 79.9. The van der Waals surface area contributed by atoms with Crippen LogP contribution in [0.15, 0.2) is 29.0 Å². The van der Waals surface area contributed by atoms with Gasteiger partial charge in [0.25, 0.3) is 0 Å². The Morgan fingerprint density at radius 1 is 1.26 bits per heavy atom. The predicted octanol–water partition coefficient (Wildman–Crippen LogP) is 4.92. The fourth-order valence-electron chi connectivity index (χ4n) is 4.35. The van der Waals surface area contributed by atoms with Crippen molar-refractivity contribution < 1.29 is 22.7 Å². The zero-order valence-electron chi connectivity index (χ0n) is 18.0. The largest absolute Gasteiger partial charge is 0.449 e. The van der Waals surface area contributed by atoms with Crippen LogP contribution >= 0.6 is 15.9 Å². The molecule has 1 amide bonds. The third kappa shape index (κ3) is 4.31. The molecule has 1 atom stereocenters. The van der Waals surface area contributed by atoms with Crippen molar-refractivity contribution in [2.45, 2.75) is 31.5 Å². The lowest BCUT2D eigenvalue weighted by Crippen LogP contribution is -2.38. The first-order valence-corrected chi connectivity index (χ1v) is 11.8. The summed E-state index contributed by atoms with van der Waals surface area (Å²) in [5, 5.41) is 6.94. The Morgan fingerprint density at radius 3 is 2.85 bits per heavy atom. The molecular weight excluding hydrogens is 517 g/mol. The van der Waals surface area contributed by atoms with Crippen molar-refractivity contribution >= 4 is 44.6 Å². The molecule has 0 aliphatic carbocycles. The quantitative estimate of drug-likeness (QED) is 0.436. The van der Waals surface area contributed by atoms with Crippen LogP contribution in [0.25, 0.3) is 22.2 Å². The van der Waals surface area contributed by atoms with Crippen molar-refractivity contribution in [1.82, 2.24) is 20.3 Å². The Morgan fingerprint density at radius 2 is 2.12 bits per heavy atom. The maximum Gasteiger partial charge on any atom is 0.419 e. The van der Waals surface area contributed by atoms with Crippen LogP contribution in [0.1, 0.15) is 24.8 Å². The summed E-state index contributed by atoms with van der Waals surface area (Å²) in [6.07, 6.45) is -0.221. The number of aromatic nitrogens is 3. The number of carbonyl (C=O) groups excluding carboxylic acids is 1. The second kappa shape index (κ2) is 9.06. The molecule has 2 fully saturated rings. The number of alkyl halides is 3. The number of benzene rings is 1. The van der Waals surface area contributed by atoms with E-state index in [-0.39, 0.29) is 17.7 Å². The summed E-state index contributed by atoms with van der Waals surface area (Å²) in [4.78, 5) is 25.0. The van der Waals surface area contributed by atoms with Crippen molar-refractivity contribution in [3.8, 4) is 11.3 Å². The number of nitrogens with zero attached hydrogens (tertiary/aromatic N) is 3. The molecule has 12 heteroatoms. The molecule has 0 bridgehead atoms. The molecule has 2 aliphatic rings. The molecule has 1 unspecified atom stereocenters. The maximum absolute atomic E-state index is 13.9. The highest BCUT2D eigenvalue weighted by Gasteiger charge is 2.36. The zero-order valence-corrected chi connectivity index (χ0v) is 19.6. The number of fused-ring (bicyclic) bond motifs is 1. The number of amides is 1.